The first-order valence-corrected chi connectivity index (χ1v) is 9.67. The minimum atomic E-state index is -3.30. The molecule has 0 fully saturated rings. The third kappa shape index (κ3) is 4.18. The number of carbonyl (C=O) groups excluding carboxylic acids is 2. The first-order chi connectivity index (χ1) is 11.4. The molecule has 7 nitrogen and oxygen atoms in total. The number of aromatic nitrogens is 1. The van der Waals surface area contributed by atoms with E-state index >= 15 is 0 Å². The molecule has 1 heterocycles. The molecule has 1 amide bonds. The number of thiazole rings is 1. The van der Waals surface area contributed by atoms with E-state index in [0.29, 0.717) is 0 Å². The molecule has 1 aromatic carbocycles. The molecule has 0 saturated heterocycles. The standard InChI is InChI=1S/C15H16N2O5S2/c1-3-22-14(19)12-9-23-15(16-12)17-13(18)10-5-7-11(8-6-10)24(20,21)4-2/h5-9H,3-4H2,1-2H3,(H,16,17,18). The van der Waals surface area contributed by atoms with E-state index < -0.39 is 21.7 Å². The Morgan fingerprint density at radius 2 is 1.88 bits per heavy atom. The zero-order valence-corrected chi connectivity index (χ0v) is 14.7. The van der Waals surface area contributed by atoms with Gasteiger partial charge in [-0.15, -0.1) is 11.3 Å². The lowest BCUT2D eigenvalue weighted by Crippen LogP contribution is -2.13. The molecule has 0 radical (unpaired) electrons. The van der Waals surface area contributed by atoms with Crippen LogP contribution >= 0.6 is 11.3 Å². The van der Waals surface area contributed by atoms with Gasteiger partial charge in [0.1, 0.15) is 0 Å². The smallest absolute Gasteiger partial charge is 0.357 e. The summed E-state index contributed by atoms with van der Waals surface area (Å²) in [7, 11) is -3.30. The predicted molar refractivity (Wildman–Crippen MR) is 90.2 cm³/mol. The number of ether oxygens (including phenoxy) is 1. The highest BCUT2D eigenvalue weighted by molar-refractivity contribution is 7.91. The van der Waals surface area contributed by atoms with Gasteiger partial charge < -0.3 is 4.74 Å². The first kappa shape index (κ1) is 18.1. The summed E-state index contributed by atoms with van der Waals surface area (Å²) in [5.74, 6) is -1.00. The van der Waals surface area contributed by atoms with Crippen molar-refractivity contribution < 1.29 is 22.7 Å². The van der Waals surface area contributed by atoms with Crippen molar-refractivity contribution >= 4 is 38.2 Å². The Morgan fingerprint density at radius 1 is 1.21 bits per heavy atom. The van der Waals surface area contributed by atoms with Crippen LogP contribution in [-0.4, -0.2) is 37.6 Å². The van der Waals surface area contributed by atoms with Crippen LogP contribution in [0.3, 0.4) is 0 Å². The van der Waals surface area contributed by atoms with Crippen LogP contribution in [0, 0.1) is 0 Å². The monoisotopic (exact) mass is 368 g/mol. The molecule has 1 aromatic heterocycles. The summed E-state index contributed by atoms with van der Waals surface area (Å²) in [5, 5.41) is 4.31. The Balaban J connectivity index is 2.09. The summed E-state index contributed by atoms with van der Waals surface area (Å²) in [5.41, 5.74) is 0.416. The average molecular weight is 368 g/mol. The molecule has 9 heteroatoms. The fourth-order valence-corrected chi connectivity index (χ4v) is 3.34. The molecule has 0 saturated carbocycles. The van der Waals surface area contributed by atoms with E-state index in [1.165, 1.54) is 29.6 Å². The zero-order valence-electron chi connectivity index (χ0n) is 13.1. The number of nitrogens with zero attached hydrogens (tertiary/aromatic N) is 1. The quantitative estimate of drug-likeness (QED) is 0.785. The predicted octanol–water partition coefficient (Wildman–Crippen LogP) is 2.37. The van der Waals surface area contributed by atoms with Crippen molar-refractivity contribution in [3.05, 3.63) is 40.9 Å². The number of benzene rings is 1. The lowest BCUT2D eigenvalue weighted by atomic mass is 10.2. The largest absolute Gasteiger partial charge is 0.461 e. The number of anilines is 1. The van der Waals surface area contributed by atoms with Crippen molar-refractivity contribution in [2.75, 3.05) is 17.7 Å². The van der Waals surface area contributed by atoms with Crippen LogP contribution in [0.4, 0.5) is 5.13 Å². The maximum absolute atomic E-state index is 12.1. The Hall–Kier alpha value is -2.26. The Bertz CT molecular complexity index is 841. The summed E-state index contributed by atoms with van der Waals surface area (Å²) in [6, 6.07) is 5.63. The highest BCUT2D eigenvalue weighted by atomic mass is 32.2. The van der Waals surface area contributed by atoms with Gasteiger partial charge in [0.15, 0.2) is 20.7 Å². The molecule has 0 aliphatic rings. The molecule has 24 heavy (non-hydrogen) atoms. The van der Waals surface area contributed by atoms with E-state index in [1.807, 2.05) is 0 Å². The number of sulfone groups is 1. The number of nitrogens with one attached hydrogen (secondary N) is 1. The van der Waals surface area contributed by atoms with E-state index in [2.05, 4.69) is 10.3 Å². The minimum absolute atomic E-state index is 0.00566. The molecule has 0 bridgehead atoms. The summed E-state index contributed by atoms with van der Waals surface area (Å²) < 4.78 is 28.3. The first-order valence-electron chi connectivity index (χ1n) is 7.14. The van der Waals surface area contributed by atoms with Gasteiger partial charge in [-0.05, 0) is 31.2 Å². The normalized spacial score (nSPS) is 11.1. The van der Waals surface area contributed by atoms with Crippen molar-refractivity contribution in [2.45, 2.75) is 18.7 Å². The Morgan fingerprint density at radius 3 is 2.46 bits per heavy atom. The Labute approximate surface area is 143 Å². The summed E-state index contributed by atoms with van der Waals surface area (Å²) in [6.45, 7) is 3.49. The fraction of sp³-hybridized carbons (Fsp3) is 0.267. The van der Waals surface area contributed by atoms with Crippen LogP contribution in [0.2, 0.25) is 0 Å². The van der Waals surface area contributed by atoms with Crippen LogP contribution in [-0.2, 0) is 14.6 Å². The maximum Gasteiger partial charge on any atom is 0.357 e. The third-order valence-electron chi connectivity index (χ3n) is 3.06. The average Bonchev–Trinajstić information content (AvgIpc) is 3.04. The highest BCUT2D eigenvalue weighted by Gasteiger charge is 2.15. The van der Waals surface area contributed by atoms with Crippen molar-refractivity contribution in [3.8, 4) is 0 Å². The van der Waals surface area contributed by atoms with E-state index in [0.717, 1.165) is 11.3 Å². The lowest BCUT2D eigenvalue weighted by Gasteiger charge is -2.04. The molecule has 1 N–H and O–H groups in total. The van der Waals surface area contributed by atoms with Gasteiger partial charge in [-0.2, -0.15) is 0 Å². The van der Waals surface area contributed by atoms with Crippen LogP contribution in [0.5, 0.6) is 0 Å². The molecule has 2 rings (SSSR count). The number of amides is 1. The van der Waals surface area contributed by atoms with Crippen LogP contribution in [0.25, 0.3) is 0 Å². The van der Waals surface area contributed by atoms with Gasteiger partial charge in [0.25, 0.3) is 5.91 Å². The van der Waals surface area contributed by atoms with Gasteiger partial charge in [0.2, 0.25) is 0 Å². The summed E-state index contributed by atoms with van der Waals surface area (Å²) in [6.07, 6.45) is 0. The molecule has 0 aliphatic heterocycles. The van der Waals surface area contributed by atoms with Crippen LogP contribution in [0.15, 0.2) is 34.5 Å². The maximum atomic E-state index is 12.1. The lowest BCUT2D eigenvalue weighted by molar-refractivity contribution is 0.0520. The van der Waals surface area contributed by atoms with E-state index in [1.54, 1.807) is 13.8 Å². The number of hydrogen-bond donors (Lipinski definition) is 1. The van der Waals surface area contributed by atoms with Gasteiger partial charge in [0.05, 0.1) is 17.3 Å². The van der Waals surface area contributed by atoms with Crippen molar-refractivity contribution in [1.29, 1.82) is 0 Å². The van der Waals surface area contributed by atoms with Gasteiger partial charge in [0, 0.05) is 10.9 Å². The summed E-state index contributed by atoms with van der Waals surface area (Å²) in [4.78, 5) is 27.8. The third-order valence-corrected chi connectivity index (χ3v) is 5.57. The number of rotatable bonds is 6. The van der Waals surface area contributed by atoms with E-state index in [-0.39, 0.29) is 33.6 Å². The molecule has 0 unspecified atom stereocenters. The fourth-order valence-electron chi connectivity index (χ4n) is 1.78. The molecule has 0 atom stereocenters. The van der Waals surface area contributed by atoms with Gasteiger partial charge in [-0.3, -0.25) is 10.1 Å². The SMILES string of the molecule is CCOC(=O)c1csc(NC(=O)c2ccc(S(=O)(=O)CC)cc2)n1. The molecular weight excluding hydrogens is 352 g/mol. The zero-order chi connectivity index (χ0) is 17.7. The molecule has 0 spiro atoms. The second kappa shape index (κ2) is 7.54. The van der Waals surface area contributed by atoms with Gasteiger partial charge in [-0.25, -0.2) is 18.2 Å². The van der Waals surface area contributed by atoms with Crippen molar-refractivity contribution in [3.63, 3.8) is 0 Å². The molecule has 128 valence electrons. The second-order valence-electron chi connectivity index (χ2n) is 4.64. The van der Waals surface area contributed by atoms with Crippen LogP contribution in [0.1, 0.15) is 34.7 Å². The van der Waals surface area contributed by atoms with Crippen molar-refractivity contribution in [2.24, 2.45) is 0 Å². The van der Waals surface area contributed by atoms with Crippen LogP contribution < -0.4 is 5.32 Å². The van der Waals surface area contributed by atoms with E-state index in [4.69, 9.17) is 4.74 Å². The minimum Gasteiger partial charge on any atom is -0.461 e. The molecular formula is C15H16N2O5S2. The highest BCUT2D eigenvalue weighted by Crippen LogP contribution is 2.18. The Kier molecular flexibility index (Phi) is 5.68. The number of hydrogen-bond acceptors (Lipinski definition) is 7. The summed E-state index contributed by atoms with van der Waals surface area (Å²) >= 11 is 1.10. The van der Waals surface area contributed by atoms with Crippen molar-refractivity contribution in [1.82, 2.24) is 4.98 Å². The van der Waals surface area contributed by atoms with E-state index in [9.17, 15) is 18.0 Å². The molecule has 2 aromatic rings. The van der Waals surface area contributed by atoms with Gasteiger partial charge in [-0.1, -0.05) is 6.92 Å². The number of carbonyl (C=O) groups is 2. The molecule has 0 aliphatic carbocycles. The van der Waals surface area contributed by atoms with Gasteiger partial charge >= 0.3 is 5.97 Å². The second-order valence-corrected chi connectivity index (χ2v) is 7.78. The number of esters is 1. The topological polar surface area (TPSA) is 102 Å².